The molecule has 0 radical (unpaired) electrons. The van der Waals surface area contributed by atoms with Crippen molar-refractivity contribution in [3.8, 4) is 11.8 Å². The molecule has 3 heteroatoms. The van der Waals surface area contributed by atoms with Crippen molar-refractivity contribution in [3.05, 3.63) is 29.3 Å². The van der Waals surface area contributed by atoms with Crippen LogP contribution in [0.4, 0.5) is 0 Å². The molecule has 102 valence electrons. The first-order chi connectivity index (χ1) is 9.22. The zero-order chi connectivity index (χ0) is 13.7. The molecular formula is C16H22N2O. The Kier molecular flexibility index (Phi) is 4.81. The molecule has 1 aliphatic rings. The van der Waals surface area contributed by atoms with Crippen LogP contribution in [0.2, 0.25) is 0 Å². The van der Waals surface area contributed by atoms with Crippen molar-refractivity contribution >= 4 is 0 Å². The van der Waals surface area contributed by atoms with Crippen LogP contribution >= 0.6 is 0 Å². The van der Waals surface area contributed by atoms with Crippen molar-refractivity contribution in [2.24, 2.45) is 5.92 Å². The van der Waals surface area contributed by atoms with Crippen LogP contribution in [-0.4, -0.2) is 13.2 Å². The van der Waals surface area contributed by atoms with Crippen LogP contribution in [0.25, 0.3) is 0 Å². The first-order valence-corrected chi connectivity index (χ1v) is 7.03. The minimum atomic E-state index is 0.595. The summed E-state index contributed by atoms with van der Waals surface area (Å²) in [6.45, 7) is 3.18. The van der Waals surface area contributed by atoms with Gasteiger partial charge in [0.25, 0.3) is 0 Å². The predicted molar refractivity (Wildman–Crippen MR) is 76.0 cm³/mol. The van der Waals surface area contributed by atoms with Crippen LogP contribution in [0, 0.1) is 17.2 Å². The lowest BCUT2D eigenvalue weighted by Gasteiger charge is -2.27. The maximum Gasteiger partial charge on any atom is 0.136 e. The van der Waals surface area contributed by atoms with Crippen LogP contribution in [0.15, 0.2) is 18.2 Å². The zero-order valence-electron chi connectivity index (χ0n) is 11.8. The largest absolute Gasteiger partial charge is 0.495 e. The molecule has 2 rings (SSSR count). The summed E-state index contributed by atoms with van der Waals surface area (Å²) in [7, 11) is 1.61. The Labute approximate surface area is 115 Å². The topological polar surface area (TPSA) is 45.0 Å². The van der Waals surface area contributed by atoms with Gasteiger partial charge in [0.05, 0.1) is 12.7 Å². The summed E-state index contributed by atoms with van der Waals surface area (Å²) in [6, 6.07) is 8.56. The minimum absolute atomic E-state index is 0.595. The first kappa shape index (κ1) is 13.9. The van der Waals surface area contributed by atoms with Gasteiger partial charge in [0.2, 0.25) is 0 Å². The average molecular weight is 258 g/mol. The number of nitriles is 1. The fourth-order valence-electron chi connectivity index (χ4n) is 2.82. The Balaban J connectivity index is 1.94. The average Bonchev–Trinajstić information content (AvgIpc) is 2.45. The minimum Gasteiger partial charge on any atom is -0.495 e. The van der Waals surface area contributed by atoms with Gasteiger partial charge in [0, 0.05) is 12.6 Å². The highest BCUT2D eigenvalue weighted by Crippen LogP contribution is 2.24. The molecule has 1 aromatic carbocycles. The maximum atomic E-state index is 8.96. The van der Waals surface area contributed by atoms with Gasteiger partial charge in [-0.15, -0.1) is 0 Å². The second-order valence-corrected chi connectivity index (χ2v) is 5.50. The molecule has 2 atom stereocenters. The third-order valence-corrected chi connectivity index (χ3v) is 3.92. The summed E-state index contributed by atoms with van der Waals surface area (Å²) in [5, 5.41) is 12.6. The Hall–Kier alpha value is -1.53. The number of hydrogen-bond donors (Lipinski definition) is 1. The molecular weight excluding hydrogens is 236 g/mol. The molecule has 1 saturated carbocycles. The molecule has 0 aromatic heterocycles. The quantitative estimate of drug-likeness (QED) is 0.901. The standard InChI is InChI=1S/C16H22N2O/c1-12-4-3-5-15(8-12)18-11-13-6-7-14(10-17)16(9-13)19-2/h6-7,9,12,15,18H,3-5,8,11H2,1-2H3. The van der Waals surface area contributed by atoms with E-state index in [0.717, 1.165) is 12.5 Å². The molecule has 0 saturated heterocycles. The lowest BCUT2D eigenvalue weighted by atomic mass is 9.87. The third kappa shape index (κ3) is 3.71. The highest BCUT2D eigenvalue weighted by Gasteiger charge is 2.18. The van der Waals surface area contributed by atoms with Gasteiger partial charge in [-0.3, -0.25) is 0 Å². The van der Waals surface area contributed by atoms with E-state index < -0.39 is 0 Å². The van der Waals surface area contributed by atoms with Crippen molar-refractivity contribution in [2.75, 3.05) is 7.11 Å². The van der Waals surface area contributed by atoms with Gasteiger partial charge in [-0.1, -0.05) is 25.8 Å². The number of nitrogens with one attached hydrogen (secondary N) is 1. The van der Waals surface area contributed by atoms with Crippen LogP contribution < -0.4 is 10.1 Å². The van der Waals surface area contributed by atoms with E-state index in [1.54, 1.807) is 7.11 Å². The van der Waals surface area contributed by atoms with E-state index in [0.29, 0.717) is 17.4 Å². The van der Waals surface area contributed by atoms with Crippen molar-refractivity contribution in [2.45, 2.75) is 45.2 Å². The highest BCUT2D eigenvalue weighted by molar-refractivity contribution is 5.45. The molecule has 0 spiro atoms. The molecule has 3 nitrogen and oxygen atoms in total. The molecule has 0 heterocycles. The van der Waals surface area contributed by atoms with Gasteiger partial charge in [-0.05, 0) is 36.5 Å². The van der Waals surface area contributed by atoms with E-state index in [9.17, 15) is 0 Å². The summed E-state index contributed by atoms with van der Waals surface area (Å²) in [4.78, 5) is 0. The van der Waals surface area contributed by atoms with Crippen LogP contribution in [0.5, 0.6) is 5.75 Å². The Morgan fingerprint density at radius 1 is 1.42 bits per heavy atom. The molecule has 1 N–H and O–H groups in total. The molecule has 2 unspecified atom stereocenters. The monoisotopic (exact) mass is 258 g/mol. The summed E-state index contributed by atoms with van der Waals surface area (Å²) in [5.41, 5.74) is 1.77. The molecule has 19 heavy (non-hydrogen) atoms. The smallest absolute Gasteiger partial charge is 0.136 e. The number of nitrogens with zero attached hydrogens (tertiary/aromatic N) is 1. The summed E-state index contributed by atoms with van der Waals surface area (Å²) in [6.07, 6.45) is 5.24. The van der Waals surface area contributed by atoms with Crippen LogP contribution in [0.1, 0.15) is 43.7 Å². The Morgan fingerprint density at radius 3 is 2.95 bits per heavy atom. The molecule has 1 fully saturated rings. The van der Waals surface area contributed by atoms with Gasteiger partial charge in [0.1, 0.15) is 11.8 Å². The lowest BCUT2D eigenvalue weighted by molar-refractivity contribution is 0.300. The van der Waals surface area contributed by atoms with E-state index in [4.69, 9.17) is 10.00 Å². The van der Waals surface area contributed by atoms with Crippen molar-refractivity contribution < 1.29 is 4.74 Å². The first-order valence-electron chi connectivity index (χ1n) is 7.03. The predicted octanol–water partition coefficient (Wildman–Crippen LogP) is 3.24. The second-order valence-electron chi connectivity index (χ2n) is 5.50. The van der Waals surface area contributed by atoms with Gasteiger partial charge < -0.3 is 10.1 Å². The van der Waals surface area contributed by atoms with Gasteiger partial charge in [-0.25, -0.2) is 0 Å². The van der Waals surface area contributed by atoms with Crippen molar-refractivity contribution in [3.63, 3.8) is 0 Å². The van der Waals surface area contributed by atoms with Gasteiger partial charge in [0.15, 0.2) is 0 Å². The zero-order valence-corrected chi connectivity index (χ0v) is 11.8. The third-order valence-electron chi connectivity index (χ3n) is 3.92. The molecule has 0 bridgehead atoms. The normalized spacial score (nSPS) is 22.8. The molecule has 0 aliphatic heterocycles. The summed E-state index contributed by atoms with van der Waals surface area (Å²) < 4.78 is 5.24. The SMILES string of the molecule is COc1cc(CNC2CCCC(C)C2)ccc1C#N. The maximum absolute atomic E-state index is 8.96. The number of methoxy groups -OCH3 is 1. The van der Waals surface area contributed by atoms with Crippen molar-refractivity contribution in [1.82, 2.24) is 5.32 Å². The number of benzene rings is 1. The van der Waals surface area contributed by atoms with Crippen LogP contribution in [0.3, 0.4) is 0 Å². The van der Waals surface area contributed by atoms with E-state index >= 15 is 0 Å². The highest BCUT2D eigenvalue weighted by atomic mass is 16.5. The fraction of sp³-hybridized carbons (Fsp3) is 0.562. The van der Waals surface area contributed by atoms with E-state index in [1.165, 1.54) is 31.2 Å². The lowest BCUT2D eigenvalue weighted by Crippen LogP contribution is -2.33. The molecule has 1 aliphatic carbocycles. The Bertz CT molecular complexity index is 464. The van der Waals surface area contributed by atoms with Crippen LogP contribution in [-0.2, 0) is 6.54 Å². The van der Waals surface area contributed by atoms with Gasteiger partial charge in [-0.2, -0.15) is 5.26 Å². The number of hydrogen-bond acceptors (Lipinski definition) is 3. The molecule has 1 aromatic rings. The van der Waals surface area contributed by atoms with E-state index in [-0.39, 0.29) is 0 Å². The van der Waals surface area contributed by atoms with E-state index in [2.05, 4.69) is 18.3 Å². The summed E-state index contributed by atoms with van der Waals surface area (Å²) >= 11 is 0. The Morgan fingerprint density at radius 2 is 2.26 bits per heavy atom. The number of ether oxygens (including phenoxy) is 1. The van der Waals surface area contributed by atoms with Gasteiger partial charge >= 0.3 is 0 Å². The number of rotatable bonds is 4. The second kappa shape index (κ2) is 6.58. The van der Waals surface area contributed by atoms with Crippen molar-refractivity contribution in [1.29, 1.82) is 5.26 Å². The molecule has 0 amide bonds. The fourth-order valence-corrected chi connectivity index (χ4v) is 2.82. The summed E-state index contributed by atoms with van der Waals surface area (Å²) in [5.74, 6) is 1.50. The van der Waals surface area contributed by atoms with E-state index in [1.807, 2.05) is 18.2 Å².